The lowest BCUT2D eigenvalue weighted by Crippen LogP contribution is -2.40. The van der Waals surface area contributed by atoms with Gasteiger partial charge in [0.25, 0.3) is 5.91 Å². The van der Waals surface area contributed by atoms with E-state index in [0.717, 1.165) is 5.56 Å². The minimum atomic E-state index is -0.887. The molecule has 0 aliphatic heterocycles. The second-order valence-corrected chi connectivity index (χ2v) is 4.57. The predicted molar refractivity (Wildman–Crippen MR) is 83.5 cm³/mol. The average molecular weight is 299 g/mol. The Morgan fingerprint density at radius 1 is 1.05 bits per heavy atom. The fourth-order valence-corrected chi connectivity index (χ4v) is 1.99. The van der Waals surface area contributed by atoms with Gasteiger partial charge in [-0.1, -0.05) is 30.3 Å². The zero-order valence-electron chi connectivity index (χ0n) is 12.1. The topological polar surface area (TPSA) is 93.4 Å². The molecular weight excluding hydrogens is 282 g/mol. The highest BCUT2D eigenvalue weighted by Gasteiger charge is 2.21. The van der Waals surface area contributed by atoms with Crippen LogP contribution in [0.5, 0.6) is 5.75 Å². The molecule has 4 N–H and O–H groups in total. The minimum absolute atomic E-state index is 0.519. The third-order valence-corrected chi connectivity index (χ3v) is 3.04. The number of hydrogen-bond donors (Lipinski definition) is 3. The number of rotatable bonds is 5. The zero-order valence-corrected chi connectivity index (χ0v) is 12.1. The van der Waals surface area contributed by atoms with Crippen LogP contribution in [-0.4, -0.2) is 19.0 Å². The van der Waals surface area contributed by atoms with Crippen LogP contribution < -0.4 is 21.1 Å². The molecule has 0 aliphatic carbocycles. The first-order valence-corrected chi connectivity index (χ1v) is 6.66. The van der Waals surface area contributed by atoms with Crippen molar-refractivity contribution in [3.63, 3.8) is 0 Å². The predicted octanol–water partition coefficient (Wildman–Crippen LogP) is 2.04. The Balaban J connectivity index is 2.23. The van der Waals surface area contributed by atoms with E-state index in [1.165, 1.54) is 0 Å². The number of benzene rings is 2. The largest absolute Gasteiger partial charge is 0.497 e. The van der Waals surface area contributed by atoms with Gasteiger partial charge in [0.05, 0.1) is 7.11 Å². The Labute approximate surface area is 128 Å². The number of hydrogen-bond acceptors (Lipinski definition) is 4. The van der Waals surface area contributed by atoms with Crippen molar-refractivity contribution in [3.8, 4) is 5.75 Å². The van der Waals surface area contributed by atoms with Crippen molar-refractivity contribution in [2.45, 2.75) is 6.04 Å². The molecule has 0 aliphatic rings. The summed E-state index contributed by atoms with van der Waals surface area (Å²) in [5, 5.41) is 5.17. The molecule has 2 rings (SSSR count). The molecule has 0 aromatic heterocycles. The third kappa shape index (κ3) is 3.99. The zero-order chi connectivity index (χ0) is 15.9. The van der Waals surface area contributed by atoms with Gasteiger partial charge in [0.2, 0.25) is 0 Å². The van der Waals surface area contributed by atoms with Crippen molar-refractivity contribution in [2.75, 3.05) is 12.4 Å². The van der Waals surface area contributed by atoms with Crippen LogP contribution >= 0.6 is 0 Å². The van der Waals surface area contributed by atoms with Crippen molar-refractivity contribution < 1.29 is 14.3 Å². The second kappa shape index (κ2) is 7.12. The van der Waals surface area contributed by atoms with Crippen molar-refractivity contribution in [2.24, 2.45) is 5.73 Å². The number of amides is 3. The Morgan fingerprint density at radius 2 is 1.68 bits per heavy atom. The lowest BCUT2D eigenvalue weighted by molar-refractivity contribution is -0.120. The summed E-state index contributed by atoms with van der Waals surface area (Å²) in [4.78, 5) is 23.1. The Morgan fingerprint density at radius 3 is 2.23 bits per heavy atom. The first kappa shape index (κ1) is 15.4. The highest BCUT2D eigenvalue weighted by molar-refractivity contribution is 5.98. The van der Waals surface area contributed by atoms with Crippen LogP contribution in [-0.2, 0) is 4.79 Å². The molecule has 0 saturated heterocycles. The molecule has 0 bridgehead atoms. The number of carbonyl (C=O) groups is 2. The van der Waals surface area contributed by atoms with E-state index in [0.29, 0.717) is 11.4 Å². The van der Waals surface area contributed by atoms with Crippen LogP contribution in [0.15, 0.2) is 54.6 Å². The number of primary amides is 1. The summed E-state index contributed by atoms with van der Waals surface area (Å²) in [6.45, 7) is 0. The summed E-state index contributed by atoms with van der Waals surface area (Å²) in [6, 6.07) is 14.6. The number of methoxy groups -OCH3 is 1. The van der Waals surface area contributed by atoms with Crippen LogP contribution in [0.1, 0.15) is 11.6 Å². The summed E-state index contributed by atoms with van der Waals surface area (Å²) in [6.07, 6.45) is 0. The molecule has 114 valence electrons. The van der Waals surface area contributed by atoms with Gasteiger partial charge in [-0.3, -0.25) is 10.1 Å². The highest BCUT2D eigenvalue weighted by atomic mass is 16.5. The maximum atomic E-state index is 12.2. The fourth-order valence-electron chi connectivity index (χ4n) is 1.99. The monoisotopic (exact) mass is 299 g/mol. The van der Waals surface area contributed by atoms with Crippen molar-refractivity contribution in [1.29, 1.82) is 0 Å². The van der Waals surface area contributed by atoms with E-state index < -0.39 is 18.0 Å². The van der Waals surface area contributed by atoms with Gasteiger partial charge in [-0.15, -0.1) is 0 Å². The van der Waals surface area contributed by atoms with E-state index >= 15 is 0 Å². The van der Waals surface area contributed by atoms with Gasteiger partial charge in [0, 0.05) is 5.69 Å². The third-order valence-electron chi connectivity index (χ3n) is 3.04. The molecule has 3 amide bonds. The molecule has 6 nitrogen and oxygen atoms in total. The quantitative estimate of drug-likeness (QED) is 0.787. The van der Waals surface area contributed by atoms with E-state index in [1.54, 1.807) is 43.5 Å². The summed E-state index contributed by atoms with van der Waals surface area (Å²) in [5.41, 5.74) is 6.46. The van der Waals surface area contributed by atoms with Gasteiger partial charge >= 0.3 is 6.03 Å². The molecular formula is C16H17N3O3. The molecule has 0 fully saturated rings. The number of ether oxygens (including phenoxy) is 1. The molecule has 0 heterocycles. The number of anilines is 1. The highest BCUT2D eigenvalue weighted by Crippen LogP contribution is 2.22. The van der Waals surface area contributed by atoms with Crippen LogP contribution in [0.4, 0.5) is 10.5 Å². The van der Waals surface area contributed by atoms with Crippen LogP contribution in [0.25, 0.3) is 0 Å². The minimum Gasteiger partial charge on any atom is -0.497 e. The van der Waals surface area contributed by atoms with Crippen molar-refractivity contribution in [3.05, 3.63) is 60.2 Å². The van der Waals surface area contributed by atoms with Crippen molar-refractivity contribution in [1.82, 2.24) is 5.32 Å². The fraction of sp³-hybridized carbons (Fsp3) is 0.125. The van der Waals surface area contributed by atoms with Crippen LogP contribution in [0.3, 0.4) is 0 Å². The molecule has 0 spiro atoms. The normalized spacial score (nSPS) is 11.3. The number of nitrogens with one attached hydrogen (secondary N) is 2. The molecule has 6 heteroatoms. The average Bonchev–Trinajstić information content (AvgIpc) is 2.53. The van der Waals surface area contributed by atoms with Gasteiger partial charge in [-0.2, -0.15) is 0 Å². The first-order valence-electron chi connectivity index (χ1n) is 6.66. The van der Waals surface area contributed by atoms with Crippen LogP contribution in [0, 0.1) is 0 Å². The Hall–Kier alpha value is -3.02. The molecule has 0 radical (unpaired) electrons. The summed E-state index contributed by atoms with van der Waals surface area (Å²) < 4.78 is 5.09. The van der Waals surface area contributed by atoms with Gasteiger partial charge in [-0.25, -0.2) is 4.79 Å². The lowest BCUT2D eigenvalue weighted by atomic mass is 10.1. The maximum Gasteiger partial charge on any atom is 0.318 e. The SMILES string of the molecule is COc1ccc(N[C@@H](C(=O)NC(N)=O)c2ccccc2)cc1. The number of carbonyl (C=O) groups excluding carboxylic acids is 2. The number of nitrogens with two attached hydrogens (primary N) is 1. The van der Waals surface area contributed by atoms with E-state index in [-0.39, 0.29) is 0 Å². The summed E-state index contributed by atoms with van der Waals surface area (Å²) >= 11 is 0. The molecule has 0 saturated carbocycles. The number of imide groups is 1. The Kier molecular flexibility index (Phi) is 4.98. The summed E-state index contributed by atoms with van der Waals surface area (Å²) in [5.74, 6) is 0.193. The molecule has 2 aromatic carbocycles. The second-order valence-electron chi connectivity index (χ2n) is 4.57. The maximum absolute atomic E-state index is 12.2. The Bertz CT molecular complexity index is 641. The van der Waals surface area contributed by atoms with Gasteiger partial charge in [0.1, 0.15) is 11.8 Å². The smallest absolute Gasteiger partial charge is 0.318 e. The van der Waals surface area contributed by atoms with Gasteiger partial charge in [-0.05, 0) is 29.8 Å². The molecule has 1 atom stereocenters. The molecule has 22 heavy (non-hydrogen) atoms. The van der Waals surface area contributed by atoms with Gasteiger partial charge < -0.3 is 15.8 Å². The standard InChI is InChI=1S/C16H17N3O3/c1-22-13-9-7-12(8-10-13)18-14(15(20)19-16(17)21)11-5-3-2-4-6-11/h2-10,14,18H,1H3,(H3,17,19,20,21)/t14-/m1/s1. The summed E-state index contributed by atoms with van der Waals surface area (Å²) in [7, 11) is 1.58. The van der Waals surface area contributed by atoms with E-state index in [2.05, 4.69) is 10.6 Å². The van der Waals surface area contributed by atoms with E-state index in [1.807, 2.05) is 18.2 Å². The first-order chi connectivity index (χ1) is 10.6. The molecule has 0 unspecified atom stereocenters. The lowest BCUT2D eigenvalue weighted by Gasteiger charge is -2.19. The van der Waals surface area contributed by atoms with Crippen LogP contribution in [0.2, 0.25) is 0 Å². The molecule has 2 aromatic rings. The van der Waals surface area contributed by atoms with E-state index in [9.17, 15) is 9.59 Å². The van der Waals surface area contributed by atoms with Gasteiger partial charge in [0.15, 0.2) is 0 Å². The van der Waals surface area contributed by atoms with E-state index in [4.69, 9.17) is 10.5 Å². The van der Waals surface area contributed by atoms with Crippen molar-refractivity contribution >= 4 is 17.6 Å². The number of urea groups is 1.